The molecule has 1 aliphatic rings. The summed E-state index contributed by atoms with van der Waals surface area (Å²) >= 11 is 6.06. The van der Waals surface area contributed by atoms with Crippen molar-refractivity contribution < 1.29 is 0 Å². The van der Waals surface area contributed by atoms with Gasteiger partial charge >= 0.3 is 0 Å². The molecule has 2 nitrogen and oxygen atoms in total. The van der Waals surface area contributed by atoms with Crippen molar-refractivity contribution in [2.45, 2.75) is 39.2 Å². The number of hydrogen-bond donors (Lipinski definition) is 1. The second-order valence-electron chi connectivity index (χ2n) is 5.75. The third kappa shape index (κ3) is 2.99. The number of nitrogens with zero attached hydrogens (tertiary/aromatic N) is 1. The first-order chi connectivity index (χ1) is 8.50. The minimum atomic E-state index is 0.187. The molecule has 1 N–H and O–H groups in total. The Morgan fingerprint density at radius 2 is 2.06 bits per heavy atom. The van der Waals surface area contributed by atoms with Crippen LogP contribution in [-0.4, -0.2) is 25.2 Å². The van der Waals surface area contributed by atoms with Crippen LogP contribution in [-0.2, 0) is 0 Å². The van der Waals surface area contributed by atoms with E-state index >= 15 is 0 Å². The van der Waals surface area contributed by atoms with Gasteiger partial charge in [0.2, 0.25) is 0 Å². The van der Waals surface area contributed by atoms with Crippen molar-refractivity contribution in [3.05, 3.63) is 28.8 Å². The predicted octanol–water partition coefficient (Wildman–Crippen LogP) is 3.62. The number of aryl methyl sites for hydroxylation is 1. The van der Waals surface area contributed by atoms with Crippen molar-refractivity contribution in [2.75, 3.05) is 24.5 Å². The molecule has 0 bridgehead atoms. The number of hydrogen-bond acceptors (Lipinski definition) is 2. The summed E-state index contributed by atoms with van der Waals surface area (Å²) in [5.74, 6) is 0. The Balaban J connectivity index is 2.32. The molecule has 0 radical (unpaired) electrons. The summed E-state index contributed by atoms with van der Waals surface area (Å²) in [5.41, 5.74) is 2.78. The van der Waals surface area contributed by atoms with Crippen LogP contribution in [0.4, 0.5) is 5.69 Å². The fraction of sp³-hybridized carbons (Fsp3) is 0.600. The van der Waals surface area contributed by atoms with Gasteiger partial charge in [0.05, 0.1) is 0 Å². The Labute approximate surface area is 115 Å². The Morgan fingerprint density at radius 3 is 2.78 bits per heavy atom. The highest BCUT2D eigenvalue weighted by molar-refractivity contribution is 6.30. The fourth-order valence-corrected chi connectivity index (χ4v) is 2.91. The quantitative estimate of drug-likeness (QED) is 0.835. The van der Waals surface area contributed by atoms with Crippen LogP contribution in [0.3, 0.4) is 0 Å². The van der Waals surface area contributed by atoms with E-state index < -0.39 is 0 Å². The van der Waals surface area contributed by atoms with Gasteiger partial charge in [0.15, 0.2) is 0 Å². The summed E-state index contributed by atoms with van der Waals surface area (Å²) in [7, 11) is 0. The zero-order valence-electron chi connectivity index (χ0n) is 11.6. The van der Waals surface area contributed by atoms with Crippen molar-refractivity contribution in [1.82, 2.24) is 5.32 Å². The van der Waals surface area contributed by atoms with Crippen LogP contribution < -0.4 is 10.2 Å². The molecule has 1 saturated heterocycles. The summed E-state index contributed by atoms with van der Waals surface area (Å²) < 4.78 is 0. The zero-order valence-corrected chi connectivity index (χ0v) is 12.3. The lowest BCUT2D eigenvalue weighted by Crippen LogP contribution is -2.49. The summed E-state index contributed by atoms with van der Waals surface area (Å²) in [5, 5.41) is 4.31. The molecule has 1 heterocycles. The molecule has 1 aromatic carbocycles. The highest BCUT2D eigenvalue weighted by Crippen LogP contribution is 2.31. The van der Waals surface area contributed by atoms with Crippen LogP contribution in [0.5, 0.6) is 0 Å². The average molecular weight is 267 g/mol. The summed E-state index contributed by atoms with van der Waals surface area (Å²) in [6.45, 7) is 10.1. The molecule has 100 valence electrons. The fourth-order valence-electron chi connectivity index (χ4n) is 2.69. The van der Waals surface area contributed by atoms with Gasteiger partial charge < -0.3 is 10.2 Å². The molecule has 0 aromatic heterocycles. The largest absolute Gasteiger partial charge is 0.366 e. The van der Waals surface area contributed by atoms with Gasteiger partial charge in [-0.05, 0) is 70.5 Å². The molecular weight excluding hydrogens is 244 g/mol. The highest BCUT2D eigenvalue weighted by atomic mass is 35.5. The molecule has 1 aromatic rings. The van der Waals surface area contributed by atoms with Crippen molar-refractivity contribution in [1.29, 1.82) is 0 Å². The molecule has 0 unspecified atom stereocenters. The van der Waals surface area contributed by atoms with Gasteiger partial charge in [-0.3, -0.25) is 0 Å². The normalized spacial score (nSPS) is 20.3. The summed E-state index contributed by atoms with van der Waals surface area (Å²) in [6, 6.07) is 6.22. The van der Waals surface area contributed by atoms with Crippen LogP contribution in [0.1, 0.15) is 32.3 Å². The lowest BCUT2D eigenvalue weighted by molar-refractivity contribution is 0.387. The van der Waals surface area contributed by atoms with Crippen LogP contribution in [0.2, 0.25) is 5.02 Å². The summed E-state index contributed by atoms with van der Waals surface area (Å²) in [4.78, 5) is 2.54. The van der Waals surface area contributed by atoms with E-state index in [1.165, 1.54) is 17.7 Å². The Morgan fingerprint density at radius 1 is 1.28 bits per heavy atom. The molecule has 1 fully saturated rings. The molecule has 0 spiro atoms. The van der Waals surface area contributed by atoms with Gasteiger partial charge in [-0.1, -0.05) is 11.6 Å². The lowest BCUT2D eigenvalue weighted by atomic mass is 9.94. The second-order valence-corrected chi connectivity index (χ2v) is 6.18. The zero-order chi connectivity index (χ0) is 13.2. The number of anilines is 1. The monoisotopic (exact) mass is 266 g/mol. The standard InChI is InChI=1S/C15H23ClN2/c1-12-11-13(16)5-6-14(12)18-10-4-8-17-9-7-15(18,2)3/h5-6,11,17H,4,7-10H2,1-3H3. The molecule has 0 amide bonds. The SMILES string of the molecule is Cc1cc(Cl)ccc1N1CCCNCCC1(C)C. The second kappa shape index (κ2) is 5.50. The third-order valence-electron chi connectivity index (χ3n) is 3.83. The number of nitrogens with one attached hydrogen (secondary N) is 1. The van der Waals surface area contributed by atoms with Gasteiger partial charge in [-0.25, -0.2) is 0 Å². The molecule has 18 heavy (non-hydrogen) atoms. The topological polar surface area (TPSA) is 15.3 Å². The molecule has 0 saturated carbocycles. The van der Waals surface area contributed by atoms with Gasteiger partial charge in [-0.15, -0.1) is 0 Å². The van der Waals surface area contributed by atoms with Crippen molar-refractivity contribution >= 4 is 17.3 Å². The van der Waals surface area contributed by atoms with Gasteiger partial charge in [0.1, 0.15) is 0 Å². The van der Waals surface area contributed by atoms with E-state index in [0.717, 1.165) is 31.1 Å². The minimum absolute atomic E-state index is 0.187. The number of rotatable bonds is 1. The molecule has 3 heteroatoms. The number of halogens is 1. The van der Waals surface area contributed by atoms with Crippen molar-refractivity contribution in [3.63, 3.8) is 0 Å². The molecule has 1 aliphatic heterocycles. The lowest BCUT2D eigenvalue weighted by Gasteiger charge is -2.43. The van der Waals surface area contributed by atoms with E-state index in [2.05, 4.69) is 43.1 Å². The maximum Gasteiger partial charge on any atom is 0.0410 e. The van der Waals surface area contributed by atoms with Gasteiger partial charge in [-0.2, -0.15) is 0 Å². The van der Waals surface area contributed by atoms with Crippen LogP contribution in [0, 0.1) is 6.92 Å². The smallest absolute Gasteiger partial charge is 0.0410 e. The summed E-state index contributed by atoms with van der Waals surface area (Å²) in [6.07, 6.45) is 2.35. The molecule has 0 atom stereocenters. The van der Waals surface area contributed by atoms with Gasteiger partial charge in [0, 0.05) is 22.8 Å². The third-order valence-corrected chi connectivity index (χ3v) is 4.06. The maximum absolute atomic E-state index is 6.06. The van der Waals surface area contributed by atoms with E-state index in [1.807, 2.05) is 6.07 Å². The number of benzene rings is 1. The van der Waals surface area contributed by atoms with Crippen LogP contribution in [0.15, 0.2) is 18.2 Å². The van der Waals surface area contributed by atoms with E-state index in [4.69, 9.17) is 11.6 Å². The van der Waals surface area contributed by atoms with Crippen LogP contribution in [0.25, 0.3) is 0 Å². The van der Waals surface area contributed by atoms with Crippen molar-refractivity contribution in [3.8, 4) is 0 Å². The average Bonchev–Trinajstić information content (AvgIpc) is 2.27. The first-order valence-corrected chi connectivity index (χ1v) is 7.13. The Kier molecular flexibility index (Phi) is 4.18. The minimum Gasteiger partial charge on any atom is -0.366 e. The first kappa shape index (κ1) is 13.7. The van der Waals surface area contributed by atoms with Gasteiger partial charge in [0.25, 0.3) is 0 Å². The van der Waals surface area contributed by atoms with Crippen molar-refractivity contribution in [2.24, 2.45) is 0 Å². The van der Waals surface area contributed by atoms with E-state index in [9.17, 15) is 0 Å². The molecular formula is C15H23ClN2. The predicted molar refractivity (Wildman–Crippen MR) is 79.7 cm³/mol. The van der Waals surface area contributed by atoms with E-state index in [1.54, 1.807) is 0 Å². The van der Waals surface area contributed by atoms with Crippen LogP contribution >= 0.6 is 11.6 Å². The highest BCUT2D eigenvalue weighted by Gasteiger charge is 2.28. The Hall–Kier alpha value is -0.730. The maximum atomic E-state index is 6.06. The molecule has 0 aliphatic carbocycles. The van der Waals surface area contributed by atoms with E-state index in [0.29, 0.717) is 0 Å². The molecule has 2 rings (SSSR count). The van der Waals surface area contributed by atoms with E-state index in [-0.39, 0.29) is 5.54 Å². The first-order valence-electron chi connectivity index (χ1n) is 6.75. The Bertz CT molecular complexity index is 415.